The zero-order valence-electron chi connectivity index (χ0n) is 13.9. The van der Waals surface area contributed by atoms with Gasteiger partial charge in [-0.1, -0.05) is 11.6 Å². The fourth-order valence-electron chi connectivity index (χ4n) is 2.33. The Balaban J connectivity index is 2.00. The molecule has 0 aliphatic rings. The predicted octanol–water partition coefficient (Wildman–Crippen LogP) is 3.34. The molecule has 0 bridgehead atoms. The normalized spacial score (nSPS) is 10.2. The summed E-state index contributed by atoms with van der Waals surface area (Å²) in [6, 6.07) is 10.5. The molecule has 0 aliphatic carbocycles. The maximum absolute atomic E-state index is 12.3. The summed E-state index contributed by atoms with van der Waals surface area (Å²) in [5, 5.41) is 3.51. The Labute approximate surface area is 146 Å². The molecule has 2 aromatic carbocycles. The van der Waals surface area contributed by atoms with Crippen molar-refractivity contribution in [2.75, 3.05) is 27.9 Å². The summed E-state index contributed by atoms with van der Waals surface area (Å²) in [4.78, 5) is 12.3. The Morgan fingerprint density at radius 1 is 0.958 bits per heavy atom. The van der Waals surface area contributed by atoms with Crippen LogP contribution in [0.3, 0.4) is 0 Å². The molecule has 5 nitrogen and oxygen atoms in total. The largest absolute Gasteiger partial charge is 0.496 e. The highest BCUT2D eigenvalue weighted by Gasteiger charge is 2.11. The molecule has 2 rings (SSSR count). The molecule has 0 saturated heterocycles. The standard InChI is InChI=1S/C18H20ClNO4/c1-22-15-7-5-14(19)10-12(15)8-9-20-18(21)13-4-6-16(23-2)17(11-13)24-3/h4-7,10-11H,8-9H2,1-3H3,(H,20,21). The van der Waals surface area contributed by atoms with Crippen molar-refractivity contribution in [3.05, 3.63) is 52.5 Å². The van der Waals surface area contributed by atoms with Crippen LogP contribution in [0.2, 0.25) is 5.02 Å². The van der Waals surface area contributed by atoms with E-state index in [0.29, 0.717) is 35.1 Å². The van der Waals surface area contributed by atoms with E-state index < -0.39 is 0 Å². The van der Waals surface area contributed by atoms with Crippen LogP contribution in [-0.2, 0) is 6.42 Å². The highest BCUT2D eigenvalue weighted by molar-refractivity contribution is 6.30. The molecule has 0 aliphatic heterocycles. The molecule has 0 heterocycles. The van der Waals surface area contributed by atoms with Gasteiger partial charge in [-0.2, -0.15) is 0 Å². The van der Waals surface area contributed by atoms with Gasteiger partial charge in [-0.25, -0.2) is 0 Å². The number of methoxy groups -OCH3 is 3. The van der Waals surface area contributed by atoms with Crippen LogP contribution in [0, 0.1) is 0 Å². The van der Waals surface area contributed by atoms with Crippen LogP contribution in [-0.4, -0.2) is 33.8 Å². The maximum Gasteiger partial charge on any atom is 0.251 e. The summed E-state index contributed by atoms with van der Waals surface area (Å²) in [6.45, 7) is 0.462. The van der Waals surface area contributed by atoms with Gasteiger partial charge in [0, 0.05) is 17.1 Å². The molecule has 0 aromatic heterocycles. The molecule has 128 valence electrons. The number of halogens is 1. The molecule has 1 amide bonds. The number of ether oxygens (including phenoxy) is 3. The Hall–Kier alpha value is -2.40. The number of amides is 1. The molecule has 0 saturated carbocycles. The fourth-order valence-corrected chi connectivity index (χ4v) is 2.53. The molecule has 2 aromatic rings. The van der Waals surface area contributed by atoms with E-state index in [1.54, 1.807) is 38.5 Å². The number of benzene rings is 2. The number of hydrogen-bond acceptors (Lipinski definition) is 4. The van der Waals surface area contributed by atoms with Gasteiger partial charge in [0.25, 0.3) is 5.91 Å². The first-order valence-corrected chi connectivity index (χ1v) is 7.79. The van der Waals surface area contributed by atoms with Crippen LogP contribution >= 0.6 is 11.6 Å². The monoisotopic (exact) mass is 349 g/mol. The lowest BCUT2D eigenvalue weighted by molar-refractivity contribution is 0.0953. The first kappa shape index (κ1) is 17.9. The third-order valence-electron chi connectivity index (χ3n) is 3.57. The second kappa shape index (κ2) is 8.45. The van der Waals surface area contributed by atoms with E-state index in [0.717, 1.165) is 11.3 Å². The molecular formula is C18H20ClNO4. The molecule has 0 unspecified atom stereocenters. The lowest BCUT2D eigenvalue weighted by Crippen LogP contribution is -2.25. The van der Waals surface area contributed by atoms with E-state index in [4.69, 9.17) is 25.8 Å². The lowest BCUT2D eigenvalue weighted by Gasteiger charge is -2.11. The number of hydrogen-bond donors (Lipinski definition) is 1. The van der Waals surface area contributed by atoms with E-state index in [1.165, 1.54) is 7.11 Å². The van der Waals surface area contributed by atoms with Crippen molar-refractivity contribution in [3.8, 4) is 17.2 Å². The van der Waals surface area contributed by atoms with Crippen molar-refractivity contribution < 1.29 is 19.0 Å². The Bertz CT molecular complexity index is 718. The first-order chi connectivity index (χ1) is 11.6. The zero-order chi connectivity index (χ0) is 17.5. The summed E-state index contributed by atoms with van der Waals surface area (Å²) in [5.41, 5.74) is 1.45. The topological polar surface area (TPSA) is 56.8 Å². The molecule has 0 fully saturated rings. The quantitative estimate of drug-likeness (QED) is 0.833. The predicted molar refractivity (Wildman–Crippen MR) is 93.6 cm³/mol. The van der Waals surface area contributed by atoms with Crippen molar-refractivity contribution in [2.24, 2.45) is 0 Å². The van der Waals surface area contributed by atoms with Crippen molar-refractivity contribution in [1.82, 2.24) is 5.32 Å². The summed E-state index contributed by atoms with van der Waals surface area (Å²) >= 11 is 6.00. The molecule has 24 heavy (non-hydrogen) atoms. The van der Waals surface area contributed by atoms with Crippen LogP contribution in [0.4, 0.5) is 0 Å². The molecule has 0 atom stereocenters. The first-order valence-electron chi connectivity index (χ1n) is 7.41. The van der Waals surface area contributed by atoms with Crippen LogP contribution in [0.15, 0.2) is 36.4 Å². The molecular weight excluding hydrogens is 330 g/mol. The van der Waals surface area contributed by atoms with Gasteiger partial charge in [-0.3, -0.25) is 4.79 Å². The minimum absolute atomic E-state index is 0.183. The van der Waals surface area contributed by atoms with E-state index in [9.17, 15) is 4.79 Å². The van der Waals surface area contributed by atoms with Crippen molar-refractivity contribution in [3.63, 3.8) is 0 Å². The third-order valence-corrected chi connectivity index (χ3v) is 3.80. The van der Waals surface area contributed by atoms with Gasteiger partial charge >= 0.3 is 0 Å². The van der Waals surface area contributed by atoms with Gasteiger partial charge in [0.15, 0.2) is 11.5 Å². The van der Waals surface area contributed by atoms with E-state index in [1.807, 2.05) is 12.1 Å². The smallest absolute Gasteiger partial charge is 0.251 e. The van der Waals surface area contributed by atoms with Crippen molar-refractivity contribution >= 4 is 17.5 Å². The summed E-state index contributed by atoms with van der Waals surface area (Å²) < 4.78 is 15.7. The Morgan fingerprint density at radius 2 is 1.62 bits per heavy atom. The third kappa shape index (κ3) is 4.32. The van der Waals surface area contributed by atoms with Crippen LogP contribution < -0.4 is 19.5 Å². The van der Waals surface area contributed by atoms with Gasteiger partial charge in [0.1, 0.15) is 5.75 Å². The van der Waals surface area contributed by atoms with Crippen LogP contribution in [0.1, 0.15) is 15.9 Å². The average molecular weight is 350 g/mol. The summed E-state index contributed by atoms with van der Waals surface area (Å²) in [7, 11) is 4.69. The van der Waals surface area contributed by atoms with Gasteiger partial charge in [0.2, 0.25) is 0 Å². The highest BCUT2D eigenvalue weighted by Crippen LogP contribution is 2.27. The number of nitrogens with one attached hydrogen (secondary N) is 1. The maximum atomic E-state index is 12.3. The number of rotatable bonds is 7. The van der Waals surface area contributed by atoms with Crippen LogP contribution in [0.25, 0.3) is 0 Å². The zero-order valence-corrected chi connectivity index (χ0v) is 14.6. The highest BCUT2D eigenvalue weighted by atomic mass is 35.5. The van der Waals surface area contributed by atoms with E-state index in [-0.39, 0.29) is 5.91 Å². The Kier molecular flexibility index (Phi) is 6.32. The molecule has 6 heteroatoms. The molecule has 1 N–H and O–H groups in total. The van der Waals surface area contributed by atoms with Crippen molar-refractivity contribution in [1.29, 1.82) is 0 Å². The second-order valence-corrected chi connectivity index (χ2v) is 5.47. The average Bonchev–Trinajstić information content (AvgIpc) is 2.61. The van der Waals surface area contributed by atoms with E-state index >= 15 is 0 Å². The molecule has 0 radical (unpaired) electrons. The summed E-state index contributed by atoms with van der Waals surface area (Å²) in [6.07, 6.45) is 0.614. The molecule has 0 spiro atoms. The van der Waals surface area contributed by atoms with Gasteiger partial charge < -0.3 is 19.5 Å². The second-order valence-electron chi connectivity index (χ2n) is 5.03. The van der Waals surface area contributed by atoms with Crippen molar-refractivity contribution in [2.45, 2.75) is 6.42 Å². The summed E-state index contributed by atoms with van der Waals surface area (Å²) in [5.74, 6) is 1.66. The minimum Gasteiger partial charge on any atom is -0.496 e. The van der Waals surface area contributed by atoms with Gasteiger partial charge in [-0.05, 0) is 48.4 Å². The van der Waals surface area contributed by atoms with Crippen LogP contribution in [0.5, 0.6) is 17.2 Å². The fraction of sp³-hybridized carbons (Fsp3) is 0.278. The number of carbonyl (C=O) groups is 1. The van der Waals surface area contributed by atoms with Gasteiger partial charge in [0.05, 0.1) is 21.3 Å². The number of carbonyl (C=O) groups excluding carboxylic acids is 1. The van der Waals surface area contributed by atoms with Gasteiger partial charge in [-0.15, -0.1) is 0 Å². The van der Waals surface area contributed by atoms with E-state index in [2.05, 4.69) is 5.32 Å². The lowest BCUT2D eigenvalue weighted by atomic mass is 10.1. The minimum atomic E-state index is -0.183. The SMILES string of the molecule is COc1ccc(Cl)cc1CCNC(=O)c1ccc(OC)c(OC)c1. The Morgan fingerprint density at radius 3 is 2.29 bits per heavy atom.